The number of benzene rings is 1. The molecule has 0 aliphatic carbocycles. The Bertz CT molecular complexity index is 981. The maximum atomic E-state index is 14.6. The van der Waals surface area contributed by atoms with Gasteiger partial charge < -0.3 is 15.8 Å². The molecule has 7 heteroatoms. The van der Waals surface area contributed by atoms with E-state index in [-0.39, 0.29) is 23.0 Å². The summed E-state index contributed by atoms with van der Waals surface area (Å²) in [6, 6.07) is 6.42. The maximum Gasteiger partial charge on any atom is 0.273 e. The maximum absolute atomic E-state index is 14.6. The minimum atomic E-state index is -0.435. The molecule has 2 aromatic heterocycles. The fourth-order valence-electron chi connectivity index (χ4n) is 2.91. The number of hydrogen-bond acceptors (Lipinski definition) is 4. The molecule has 3 N–H and O–H groups in total. The van der Waals surface area contributed by atoms with Gasteiger partial charge >= 0.3 is 0 Å². The van der Waals surface area contributed by atoms with Gasteiger partial charge in [-0.05, 0) is 37.1 Å². The first-order valence-corrected chi connectivity index (χ1v) is 8.37. The van der Waals surface area contributed by atoms with E-state index in [9.17, 15) is 9.18 Å². The van der Waals surface area contributed by atoms with Crippen LogP contribution in [-0.4, -0.2) is 28.9 Å². The van der Waals surface area contributed by atoms with E-state index in [2.05, 4.69) is 10.3 Å². The number of hydrogen-bond donors (Lipinski definition) is 2. The number of carbonyl (C=O) groups is 1. The molecule has 3 aromatic rings. The highest BCUT2D eigenvalue weighted by Gasteiger charge is 2.22. The Balaban J connectivity index is 2.27. The highest BCUT2D eigenvalue weighted by atomic mass is 19.1. The zero-order valence-corrected chi connectivity index (χ0v) is 15.0. The third-order valence-electron chi connectivity index (χ3n) is 4.11. The monoisotopic (exact) mass is 356 g/mol. The van der Waals surface area contributed by atoms with E-state index in [4.69, 9.17) is 10.5 Å². The van der Waals surface area contributed by atoms with Crippen LogP contribution in [0.15, 0.2) is 30.5 Å². The number of imidazole rings is 1. The number of pyridine rings is 1. The van der Waals surface area contributed by atoms with Gasteiger partial charge in [-0.3, -0.25) is 9.20 Å². The van der Waals surface area contributed by atoms with Crippen molar-refractivity contribution in [2.45, 2.75) is 20.3 Å². The van der Waals surface area contributed by atoms with Gasteiger partial charge in [-0.1, -0.05) is 13.0 Å². The second-order valence-electron chi connectivity index (χ2n) is 6.04. The lowest BCUT2D eigenvalue weighted by Crippen LogP contribution is -2.25. The number of nitrogens with two attached hydrogens (primary N) is 1. The van der Waals surface area contributed by atoms with E-state index < -0.39 is 5.82 Å². The van der Waals surface area contributed by atoms with E-state index in [0.717, 1.165) is 12.0 Å². The molecular formula is C19H21FN4O2. The number of nitrogen functional groups attached to an aromatic ring is 1. The van der Waals surface area contributed by atoms with Crippen LogP contribution in [0.2, 0.25) is 0 Å². The van der Waals surface area contributed by atoms with E-state index in [1.54, 1.807) is 28.8 Å². The minimum Gasteiger partial charge on any atom is -0.496 e. The number of ether oxygens (including phenoxy) is 1. The quantitative estimate of drug-likeness (QED) is 0.736. The first kappa shape index (κ1) is 17.7. The Hall–Kier alpha value is -3.09. The van der Waals surface area contributed by atoms with Crippen molar-refractivity contribution in [3.8, 4) is 16.9 Å². The van der Waals surface area contributed by atoms with Crippen LogP contribution in [0.1, 0.15) is 29.4 Å². The van der Waals surface area contributed by atoms with Gasteiger partial charge in [0, 0.05) is 18.3 Å². The number of nitrogens with zero attached hydrogens (tertiary/aromatic N) is 2. The lowest BCUT2D eigenvalue weighted by Gasteiger charge is -2.12. The molecule has 136 valence electrons. The van der Waals surface area contributed by atoms with Crippen molar-refractivity contribution >= 4 is 17.4 Å². The first-order chi connectivity index (χ1) is 12.5. The van der Waals surface area contributed by atoms with Crippen molar-refractivity contribution in [2.75, 3.05) is 19.4 Å². The van der Waals surface area contributed by atoms with Crippen LogP contribution in [-0.2, 0) is 0 Å². The van der Waals surface area contributed by atoms with E-state index in [1.165, 1.54) is 13.2 Å². The SMILES string of the molecule is CCCNC(=O)c1nc2c(-c3c(F)cccc3OC)cc(C)cn2c1N. The van der Waals surface area contributed by atoms with Crippen molar-refractivity contribution in [1.29, 1.82) is 0 Å². The fraction of sp³-hybridized carbons (Fsp3) is 0.263. The van der Waals surface area contributed by atoms with Gasteiger partial charge in [0.25, 0.3) is 5.91 Å². The zero-order valence-electron chi connectivity index (χ0n) is 15.0. The molecule has 1 aromatic carbocycles. The smallest absolute Gasteiger partial charge is 0.273 e. The Labute approximate surface area is 150 Å². The predicted octanol–water partition coefficient (Wildman–Crippen LogP) is 3.18. The summed E-state index contributed by atoms with van der Waals surface area (Å²) in [5, 5.41) is 2.76. The van der Waals surface area contributed by atoms with Gasteiger partial charge in [0.05, 0.1) is 12.7 Å². The second kappa shape index (κ2) is 7.03. The highest BCUT2D eigenvalue weighted by molar-refractivity contribution is 5.99. The molecule has 26 heavy (non-hydrogen) atoms. The predicted molar refractivity (Wildman–Crippen MR) is 98.9 cm³/mol. The lowest BCUT2D eigenvalue weighted by atomic mass is 10.0. The summed E-state index contributed by atoms with van der Waals surface area (Å²) in [5.74, 6) is -0.183. The van der Waals surface area contributed by atoms with Crippen LogP contribution in [0.25, 0.3) is 16.8 Å². The number of aromatic nitrogens is 2. The number of halogens is 1. The largest absolute Gasteiger partial charge is 0.496 e. The molecule has 0 radical (unpaired) electrons. The number of nitrogens with one attached hydrogen (secondary N) is 1. The molecule has 0 saturated heterocycles. The van der Waals surface area contributed by atoms with Gasteiger partial charge in [0.2, 0.25) is 0 Å². The molecule has 0 fully saturated rings. The van der Waals surface area contributed by atoms with Crippen LogP contribution in [0.3, 0.4) is 0 Å². The number of fused-ring (bicyclic) bond motifs is 1. The average molecular weight is 356 g/mol. The molecule has 2 heterocycles. The van der Waals surface area contributed by atoms with Gasteiger partial charge in [-0.15, -0.1) is 0 Å². The molecule has 6 nitrogen and oxygen atoms in total. The van der Waals surface area contributed by atoms with Crippen molar-refractivity contribution < 1.29 is 13.9 Å². The van der Waals surface area contributed by atoms with Crippen LogP contribution in [0, 0.1) is 12.7 Å². The van der Waals surface area contributed by atoms with Crippen LogP contribution in [0.5, 0.6) is 5.75 Å². The van der Waals surface area contributed by atoms with Gasteiger partial charge in [0.15, 0.2) is 5.69 Å². The normalized spacial score (nSPS) is 10.9. The average Bonchev–Trinajstić information content (AvgIpc) is 2.95. The number of rotatable bonds is 5. The number of carbonyl (C=O) groups excluding carboxylic acids is 1. The van der Waals surface area contributed by atoms with Gasteiger partial charge in [-0.25, -0.2) is 9.37 Å². The Morgan fingerprint density at radius 1 is 1.42 bits per heavy atom. The summed E-state index contributed by atoms with van der Waals surface area (Å²) in [6.07, 6.45) is 2.57. The molecule has 0 saturated carbocycles. The van der Waals surface area contributed by atoms with Crippen LogP contribution >= 0.6 is 0 Å². The van der Waals surface area contributed by atoms with Crippen LogP contribution < -0.4 is 15.8 Å². The van der Waals surface area contributed by atoms with Crippen LogP contribution in [0.4, 0.5) is 10.2 Å². The zero-order chi connectivity index (χ0) is 18.8. The topological polar surface area (TPSA) is 81.6 Å². The lowest BCUT2D eigenvalue weighted by molar-refractivity contribution is 0.0950. The van der Waals surface area contributed by atoms with E-state index in [0.29, 0.717) is 23.5 Å². The summed E-state index contributed by atoms with van der Waals surface area (Å²) in [4.78, 5) is 16.8. The summed E-state index contributed by atoms with van der Waals surface area (Å²) in [6.45, 7) is 4.35. The standard InChI is InChI=1S/C19H21FN4O2/c1-4-8-22-19(25)16-17(21)24-10-11(2)9-12(18(24)23-16)15-13(20)6-5-7-14(15)26-3/h5-7,9-10H,4,8,21H2,1-3H3,(H,22,25). The second-order valence-corrected chi connectivity index (χ2v) is 6.04. The molecule has 1 amide bonds. The summed E-state index contributed by atoms with van der Waals surface area (Å²) >= 11 is 0. The Morgan fingerprint density at radius 3 is 2.88 bits per heavy atom. The van der Waals surface area contributed by atoms with Crippen molar-refractivity contribution in [3.63, 3.8) is 0 Å². The summed E-state index contributed by atoms with van der Waals surface area (Å²) in [7, 11) is 1.48. The van der Waals surface area contributed by atoms with E-state index in [1.807, 2.05) is 13.8 Å². The number of anilines is 1. The number of methoxy groups -OCH3 is 1. The third kappa shape index (κ3) is 2.96. The molecule has 0 bridgehead atoms. The van der Waals surface area contributed by atoms with Gasteiger partial charge in [-0.2, -0.15) is 0 Å². The van der Waals surface area contributed by atoms with Gasteiger partial charge in [0.1, 0.15) is 23.0 Å². The molecule has 0 aliphatic heterocycles. The molecule has 0 unspecified atom stereocenters. The molecule has 0 aliphatic rings. The Morgan fingerprint density at radius 2 is 2.19 bits per heavy atom. The highest BCUT2D eigenvalue weighted by Crippen LogP contribution is 2.36. The minimum absolute atomic E-state index is 0.126. The Kier molecular flexibility index (Phi) is 4.79. The summed E-state index contributed by atoms with van der Waals surface area (Å²) in [5.41, 5.74) is 8.33. The number of aryl methyl sites for hydroxylation is 1. The van der Waals surface area contributed by atoms with E-state index >= 15 is 0 Å². The van der Waals surface area contributed by atoms with Crippen molar-refractivity contribution in [2.24, 2.45) is 0 Å². The van der Waals surface area contributed by atoms with Crippen molar-refractivity contribution in [3.05, 3.63) is 47.5 Å². The fourth-order valence-corrected chi connectivity index (χ4v) is 2.91. The molecule has 0 spiro atoms. The molecule has 0 atom stereocenters. The summed E-state index contributed by atoms with van der Waals surface area (Å²) < 4.78 is 21.5. The van der Waals surface area contributed by atoms with Crippen molar-refractivity contribution in [1.82, 2.24) is 14.7 Å². The molecular weight excluding hydrogens is 335 g/mol. The number of amides is 1. The molecule has 3 rings (SSSR count). The third-order valence-corrected chi connectivity index (χ3v) is 4.11. The first-order valence-electron chi connectivity index (χ1n) is 8.37.